The summed E-state index contributed by atoms with van der Waals surface area (Å²) in [5.41, 5.74) is 3.55. The van der Waals surface area contributed by atoms with Gasteiger partial charge in [-0.15, -0.1) is 0 Å². The summed E-state index contributed by atoms with van der Waals surface area (Å²) in [4.78, 5) is 0. The van der Waals surface area contributed by atoms with E-state index in [2.05, 4.69) is 116 Å². The van der Waals surface area contributed by atoms with Crippen LogP contribution >= 0.6 is 0 Å². The SMILES string of the molecule is CC(C)(C)C#Cc1cc(C(C)(C)C)c2cc(C#CC(C)(C)C)ccc2c1. The lowest BCUT2D eigenvalue weighted by Gasteiger charge is -2.22. The van der Waals surface area contributed by atoms with E-state index < -0.39 is 0 Å². The van der Waals surface area contributed by atoms with Gasteiger partial charge < -0.3 is 0 Å². The molecule has 2 aromatic rings. The van der Waals surface area contributed by atoms with Crippen LogP contribution in [-0.2, 0) is 5.41 Å². The van der Waals surface area contributed by atoms with Gasteiger partial charge in [0.15, 0.2) is 0 Å². The van der Waals surface area contributed by atoms with Gasteiger partial charge in [0, 0.05) is 22.0 Å². The quantitative estimate of drug-likeness (QED) is 0.454. The molecule has 0 heteroatoms. The van der Waals surface area contributed by atoms with Crippen molar-refractivity contribution in [2.45, 2.75) is 67.7 Å². The monoisotopic (exact) mass is 344 g/mol. The topological polar surface area (TPSA) is 0 Å². The molecule has 0 saturated heterocycles. The Kier molecular flexibility index (Phi) is 5.31. The number of hydrogen-bond acceptors (Lipinski definition) is 0. The van der Waals surface area contributed by atoms with Gasteiger partial charge in [-0.25, -0.2) is 0 Å². The van der Waals surface area contributed by atoms with Crippen LogP contribution in [0.15, 0.2) is 30.3 Å². The second kappa shape index (κ2) is 6.85. The van der Waals surface area contributed by atoms with Crippen LogP contribution in [0.2, 0.25) is 0 Å². The van der Waals surface area contributed by atoms with E-state index in [9.17, 15) is 0 Å². The van der Waals surface area contributed by atoms with E-state index in [1.165, 1.54) is 16.3 Å². The van der Waals surface area contributed by atoms with Crippen LogP contribution in [0, 0.1) is 34.5 Å². The molecule has 0 amide bonds. The van der Waals surface area contributed by atoms with Crippen molar-refractivity contribution in [3.05, 3.63) is 47.0 Å². The molecule has 2 rings (SSSR count). The summed E-state index contributed by atoms with van der Waals surface area (Å²) < 4.78 is 0. The lowest BCUT2D eigenvalue weighted by Crippen LogP contribution is -2.12. The smallest absolute Gasteiger partial charge is 0.0254 e. The predicted molar refractivity (Wildman–Crippen MR) is 115 cm³/mol. The Bertz CT molecular complexity index is 928. The fourth-order valence-corrected chi connectivity index (χ4v) is 2.65. The predicted octanol–water partition coefficient (Wildman–Crippen LogP) is 6.93. The van der Waals surface area contributed by atoms with E-state index in [0.29, 0.717) is 0 Å². The summed E-state index contributed by atoms with van der Waals surface area (Å²) in [6.07, 6.45) is 0. The van der Waals surface area contributed by atoms with Crippen molar-refractivity contribution in [1.82, 2.24) is 0 Å². The molecule has 0 unspecified atom stereocenters. The van der Waals surface area contributed by atoms with E-state index in [-0.39, 0.29) is 16.2 Å². The molecule has 0 nitrogen and oxygen atoms in total. The molecule has 2 aromatic carbocycles. The average molecular weight is 345 g/mol. The first-order chi connectivity index (χ1) is 11.7. The van der Waals surface area contributed by atoms with Gasteiger partial charge in [-0.2, -0.15) is 0 Å². The van der Waals surface area contributed by atoms with Crippen molar-refractivity contribution in [2.24, 2.45) is 10.8 Å². The van der Waals surface area contributed by atoms with Gasteiger partial charge in [0.25, 0.3) is 0 Å². The van der Waals surface area contributed by atoms with Gasteiger partial charge in [0.1, 0.15) is 0 Å². The minimum absolute atomic E-state index is 0.00323. The third kappa shape index (κ3) is 5.68. The van der Waals surface area contributed by atoms with Crippen molar-refractivity contribution in [2.75, 3.05) is 0 Å². The third-order valence-electron chi connectivity index (χ3n) is 3.93. The molecule has 0 aliphatic heterocycles. The first-order valence-corrected chi connectivity index (χ1v) is 9.39. The van der Waals surface area contributed by atoms with Crippen LogP contribution in [0.4, 0.5) is 0 Å². The summed E-state index contributed by atoms with van der Waals surface area (Å²) in [5.74, 6) is 13.4. The molecule has 0 atom stereocenters. The van der Waals surface area contributed by atoms with Gasteiger partial charge in [0.05, 0.1) is 0 Å². The van der Waals surface area contributed by atoms with Crippen molar-refractivity contribution >= 4 is 10.8 Å². The molecule has 0 aromatic heterocycles. The lowest BCUT2D eigenvalue weighted by atomic mass is 9.82. The van der Waals surface area contributed by atoms with Crippen molar-refractivity contribution < 1.29 is 0 Å². The molecular formula is C26H32. The summed E-state index contributed by atoms with van der Waals surface area (Å²) in [6, 6.07) is 11.0. The van der Waals surface area contributed by atoms with Crippen LogP contribution in [0.25, 0.3) is 10.8 Å². The van der Waals surface area contributed by atoms with E-state index >= 15 is 0 Å². The maximum Gasteiger partial charge on any atom is 0.0254 e. The summed E-state index contributed by atoms with van der Waals surface area (Å²) in [6.45, 7) is 19.6. The van der Waals surface area contributed by atoms with Gasteiger partial charge in [0.2, 0.25) is 0 Å². The van der Waals surface area contributed by atoms with Crippen molar-refractivity contribution in [3.63, 3.8) is 0 Å². The highest BCUT2D eigenvalue weighted by molar-refractivity contribution is 5.89. The molecule has 0 N–H and O–H groups in total. The van der Waals surface area contributed by atoms with Gasteiger partial charge >= 0.3 is 0 Å². The minimum atomic E-state index is 0.00323. The molecule has 0 aliphatic rings. The number of rotatable bonds is 0. The zero-order chi connectivity index (χ0) is 19.8. The first kappa shape index (κ1) is 20.1. The molecule has 0 radical (unpaired) electrons. The highest BCUT2D eigenvalue weighted by Crippen LogP contribution is 2.32. The van der Waals surface area contributed by atoms with Gasteiger partial charge in [-0.3, -0.25) is 0 Å². The number of fused-ring (bicyclic) bond motifs is 1. The van der Waals surface area contributed by atoms with Gasteiger partial charge in [-0.05, 0) is 87.6 Å². The highest BCUT2D eigenvalue weighted by Gasteiger charge is 2.18. The normalized spacial score (nSPS) is 12.2. The number of hydrogen-bond donors (Lipinski definition) is 0. The zero-order valence-electron chi connectivity index (χ0n) is 17.9. The van der Waals surface area contributed by atoms with Crippen LogP contribution in [-0.4, -0.2) is 0 Å². The fraction of sp³-hybridized carbons (Fsp3) is 0.462. The second-order valence-electron chi connectivity index (χ2n) is 10.2. The standard InChI is InChI=1S/C26H32/c1-24(2,3)14-12-19-10-11-21-16-20(13-15-25(4,5)6)18-23(22(21)17-19)26(7,8)9/h10-11,16-18H,1-9H3. The Morgan fingerprint density at radius 3 is 1.65 bits per heavy atom. The Morgan fingerprint density at radius 1 is 0.615 bits per heavy atom. The third-order valence-corrected chi connectivity index (χ3v) is 3.93. The first-order valence-electron chi connectivity index (χ1n) is 9.39. The molecule has 0 aliphatic carbocycles. The minimum Gasteiger partial charge on any atom is -0.0920 e. The molecular weight excluding hydrogens is 312 g/mol. The average Bonchev–Trinajstić information content (AvgIpc) is 2.47. The summed E-state index contributed by atoms with van der Waals surface area (Å²) in [5, 5.41) is 2.51. The highest BCUT2D eigenvalue weighted by atomic mass is 14.2. The van der Waals surface area contributed by atoms with Crippen LogP contribution < -0.4 is 0 Å². The van der Waals surface area contributed by atoms with Gasteiger partial charge in [-0.1, -0.05) is 50.5 Å². The lowest BCUT2D eigenvalue weighted by molar-refractivity contribution is 0.570. The Morgan fingerprint density at radius 2 is 1.15 bits per heavy atom. The van der Waals surface area contributed by atoms with E-state index in [1.807, 2.05) is 0 Å². The van der Waals surface area contributed by atoms with Crippen LogP contribution in [0.5, 0.6) is 0 Å². The summed E-state index contributed by atoms with van der Waals surface area (Å²) >= 11 is 0. The Balaban J connectivity index is 2.67. The van der Waals surface area contributed by atoms with Crippen LogP contribution in [0.3, 0.4) is 0 Å². The molecule has 0 bridgehead atoms. The summed E-state index contributed by atoms with van der Waals surface area (Å²) in [7, 11) is 0. The van der Waals surface area contributed by atoms with E-state index in [0.717, 1.165) is 11.1 Å². The largest absolute Gasteiger partial charge is 0.0920 e. The second-order valence-corrected chi connectivity index (χ2v) is 10.2. The molecule has 0 saturated carbocycles. The molecule has 26 heavy (non-hydrogen) atoms. The maximum atomic E-state index is 3.37. The van der Waals surface area contributed by atoms with Crippen LogP contribution in [0.1, 0.15) is 79.0 Å². The van der Waals surface area contributed by atoms with Crippen molar-refractivity contribution in [3.8, 4) is 23.7 Å². The Labute approximate surface area is 160 Å². The maximum absolute atomic E-state index is 3.37. The molecule has 0 spiro atoms. The Hall–Kier alpha value is -2.18. The zero-order valence-corrected chi connectivity index (χ0v) is 17.9. The molecule has 0 heterocycles. The fourth-order valence-electron chi connectivity index (χ4n) is 2.65. The number of benzene rings is 2. The van der Waals surface area contributed by atoms with Crippen molar-refractivity contribution in [1.29, 1.82) is 0 Å². The molecule has 0 fully saturated rings. The van der Waals surface area contributed by atoms with E-state index in [1.54, 1.807) is 0 Å². The van der Waals surface area contributed by atoms with E-state index in [4.69, 9.17) is 0 Å². The molecule has 136 valence electrons.